The maximum absolute atomic E-state index is 14.0. The lowest BCUT2D eigenvalue weighted by atomic mass is 9.86. The van der Waals surface area contributed by atoms with Crippen LogP contribution in [0, 0.1) is 0 Å². The van der Waals surface area contributed by atoms with E-state index in [0.29, 0.717) is 24.5 Å². The Hall–Kier alpha value is -4.46. The van der Waals surface area contributed by atoms with E-state index < -0.39 is 12.1 Å². The van der Waals surface area contributed by atoms with Crippen LogP contribution in [0.2, 0.25) is 0 Å². The van der Waals surface area contributed by atoms with Crippen molar-refractivity contribution in [1.29, 1.82) is 0 Å². The van der Waals surface area contributed by atoms with Gasteiger partial charge in [0.2, 0.25) is 11.8 Å². The van der Waals surface area contributed by atoms with Gasteiger partial charge in [0.1, 0.15) is 18.3 Å². The highest BCUT2D eigenvalue weighted by Crippen LogP contribution is 2.44. The number of para-hydroxylation sites is 1. The number of aromatic nitrogens is 1. The summed E-state index contributed by atoms with van der Waals surface area (Å²) < 4.78 is 16.4. The van der Waals surface area contributed by atoms with Gasteiger partial charge in [-0.1, -0.05) is 36.4 Å². The SMILES string of the molecule is COc1cccc(CN2CC(=O)N3[C@@H](c4ccc(OC)c(OC)c4)c4[nH]c5ccccc5c4C[C@H]3C2=O)c1. The molecule has 1 saturated heterocycles. The van der Waals surface area contributed by atoms with E-state index in [-0.39, 0.29) is 18.4 Å². The minimum absolute atomic E-state index is 0.00585. The number of piperazine rings is 1. The molecule has 2 atom stereocenters. The van der Waals surface area contributed by atoms with Crippen LogP contribution in [0.15, 0.2) is 66.7 Å². The van der Waals surface area contributed by atoms with Gasteiger partial charge < -0.3 is 29.0 Å². The van der Waals surface area contributed by atoms with Crippen LogP contribution in [0.1, 0.15) is 28.4 Å². The maximum Gasteiger partial charge on any atom is 0.246 e. The predicted octanol–water partition coefficient (Wildman–Crippen LogP) is 4.08. The number of benzene rings is 3. The van der Waals surface area contributed by atoms with Gasteiger partial charge in [0.05, 0.1) is 27.4 Å². The van der Waals surface area contributed by atoms with E-state index >= 15 is 0 Å². The highest BCUT2D eigenvalue weighted by Gasteiger charge is 2.48. The minimum Gasteiger partial charge on any atom is -0.497 e. The van der Waals surface area contributed by atoms with E-state index in [1.165, 1.54) is 0 Å². The molecule has 0 unspecified atom stereocenters. The van der Waals surface area contributed by atoms with E-state index in [2.05, 4.69) is 11.1 Å². The molecule has 0 bridgehead atoms. The first-order chi connectivity index (χ1) is 18.5. The molecule has 194 valence electrons. The molecule has 38 heavy (non-hydrogen) atoms. The summed E-state index contributed by atoms with van der Waals surface area (Å²) in [5, 5.41) is 1.07. The molecule has 1 aromatic heterocycles. The molecular weight excluding hydrogens is 482 g/mol. The van der Waals surface area contributed by atoms with Crippen LogP contribution >= 0.6 is 0 Å². The Morgan fingerprint density at radius 2 is 1.71 bits per heavy atom. The Morgan fingerprint density at radius 1 is 0.895 bits per heavy atom. The molecule has 6 rings (SSSR count). The molecule has 2 amide bonds. The van der Waals surface area contributed by atoms with Crippen LogP contribution in [0.3, 0.4) is 0 Å². The van der Waals surface area contributed by atoms with Crippen LogP contribution in [-0.4, -0.2) is 60.5 Å². The van der Waals surface area contributed by atoms with Gasteiger partial charge in [-0.15, -0.1) is 0 Å². The van der Waals surface area contributed by atoms with Crippen molar-refractivity contribution in [2.75, 3.05) is 27.9 Å². The highest BCUT2D eigenvalue weighted by atomic mass is 16.5. The summed E-state index contributed by atoms with van der Waals surface area (Å²) in [7, 11) is 4.79. The number of carbonyl (C=O) groups excluding carboxylic acids is 2. The Morgan fingerprint density at radius 3 is 2.50 bits per heavy atom. The van der Waals surface area contributed by atoms with E-state index in [1.807, 2.05) is 60.7 Å². The van der Waals surface area contributed by atoms with Crippen molar-refractivity contribution in [2.45, 2.75) is 25.0 Å². The van der Waals surface area contributed by atoms with Crippen molar-refractivity contribution in [3.05, 3.63) is 89.1 Å². The summed E-state index contributed by atoms with van der Waals surface area (Å²) in [4.78, 5) is 34.8. The van der Waals surface area contributed by atoms with Crippen LogP contribution in [-0.2, 0) is 22.6 Å². The quantitative estimate of drug-likeness (QED) is 0.422. The van der Waals surface area contributed by atoms with Gasteiger partial charge >= 0.3 is 0 Å². The molecule has 2 aliphatic rings. The number of rotatable bonds is 6. The number of H-pyrrole nitrogens is 1. The van der Waals surface area contributed by atoms with Crippen molar-refractivity contribution < 1.29 is 23.8 Å². The van der Waals surface area contributed by atoms with Gasteiger partial charge in [-0.2, -0.15) is 0 Å². The number of aromatic amines is 1. The summed E-state index contributed by atoms with van der Waals surface area (Å²) in [6, 6.07) is 20.2. The monoisotopic (exact) mass is 511 g/mol. The molecule has 2 aliphatic heterocycles. The number of nitrogens with one attached hydrogen (secondary N) is 1. The number of methoxy groups -OCH3 is 3. The Kier molecular flexibility index (Phi) is 5.94. The van der Waals surface area contributed by atoms with Crippen molar-refractivity contribution in [1.82, 2.24) is 14.8 Å². The molecule has 0 spiro atoms. The smallest absolute Gasteiger partial charge is 0.246 e. The number of fused-ring (bicyclic) bond motifs is 4. The summed E-state index contributed by atoms with van der Waals surface area (Å²) in [5.74, 6) is 1.73. The molecule has 1 fully saturated rings. The molecule has 3 aromatic carbocycles. The Labute approximate surface area is 220 Å². The summed E-state index contributed by atoms with van der Waals surface area (Å²) in [5.41, 5.74) is 4.74. The standard InChI is InChI=1S/C30H29N3O5/c1-36-20-8-6-7-18(13-20)16-32-17-27(34)33-24(30(32)35)15-22-21-9-4-5-10-23(21)31-28(22)29(33)19-11-12-25(37-2)26(14-19)38-3/h4-14,24,29,31H,15-17H2,1-3H3/t24-,29-/m0/s1. The number of amides is 2. The average Bonchev–Trinajstić information content (AvgIpc) is 3.32. The fourth-order valence-corrected chi connectivity index (χ4v) is 5.82. The second kappa shape index (κ2) is 9.45. The van der Waals surface area contributed by atoms with Gasteiger partial charge in [0, 0.05) is 29.6 Å². The Bertz CT molecular complexity index is 1540. The van der Waals surface area contributed by atoms with Crippen LogP contribution < -0.4 is 14.2 Å². The molecule has 3 heterocycles. The fraction of sp³-hybridized carbons (Fsp3) is 0.267. The average molecular weight is 512 g/mol. The molecule has 1 N–H and O–H groups in total. The molecule has 8 heteroatoms. The zero-order chi connectivity index (χ0) is 26.4. The lowest BCUT2D eigenvalue weighted by molar-refractivity contribution is -0.159. The molecule has 4 aromatic rings. The summed E-state index contributed by atoms with van der Waals surface area (Å²) in [6.07, 6.45) is 0.447. The van der Waals surface area contributed by atoms with E-state index in [9.17, 15) is 9.59 Å². The number of carbonyl (C=O) groups is 2. The third-order valence-electron chi connectivity index (χ3n) is 7.57. The number of hydrogen-bond donors (Lipinski definition) is 1. The highest BCUT2D eigenvalue weighted by molar-refractivity contribution is 5.97. The van der Waals surface area contributed by atoms with E-state index in [4.69, 9.17) is 14.2 Å². The lowest BCUT2D eigenvalue weighted by Crippen LogP contribution is -2.62. The number of nitrogens with zero attached hydrogens (tertiary/aromatic N) is 2. The van der Waals surface area contributed by atoms with Crippen molar-refractivity contribution in [3.8, 4) is 17.2 Å². The summed E-state index contributed by atoms with van der Waals surface area (Å²) >= 11 is 0. The van der Waals surface area contributed by atoms with Crippen molar-refractivity contribution >= 4 is 22.7 Å². The first-order valence-corrected chi connectivity index (χ1v) is 12.6. The van der Waals surface area contributed by atoms with Gasteiger partial charge in [-0.05, 0) is 47.0 Å². The first kappa shape index (κ1) is 23.9. The van der Waals surface area contributed by atoms with Crippen LogP contribution in [0.4, 0.5) is 0 Å². The maximum atomic E-state index is 14.0. The predicted molar refractivity (Wildman–Crippen MR) is 142 cm³/mol. The van der Waals surface area contributed by atoms with Gasteiger partial charge in [-0.25, -0.2) is 0 Å². The number of hydrogen-bond acceptors (Lipinski definition) is 5. The second-order valence-corrected chi connectivity index (χ2v) is 9.65. The second-order valence-electron chi connectivity index (χ2n) is 9.65. The van der Waals surface area contributed by atoms with Crippen LogP contribution in [0.25, 0.3) is 10.9 Å². The minimum atomic E-state index is -0.619. The lowest BCUT2D eigenvalue weighted by Gasteiger charge is -2.47. The molecule has 0 radical (unpaired) electrons. The zero-order valence-electron chi connectivity index (χ0n) is 21.6. The third kappa shape index (κ3) is 3.84. The normalized spacial score (nSPS) is 18.8. The first-order valence-electron chi connectivity index (χ1n) is 12.6. The van der Waals surface area contributed by atoms with Crippen molar-refractivity contribution in [2.24, 2.45) is 0 Å². The number of ether oxygens (including phenoxy) is 3. The van der Waals surface area contributed by atoms with Gasteiger partial charge in [0.25, 0.3) is 0 Å². The molecular formula is C30H29N3O5. The van der Waals surface area contributed by atoms with Crippen LogP contribution in [0.5, 0.6) is 17.2 Å². The summed E-state index contributed by atoms with van der Waals surface area (Å²) in [6.45, 7) is 0.347. The molecule has 0 aliphatic carbocycles. The molecule has 0 saturated carbocycles. The third-order valence-corrected chi connectivity index (χ3v) is 7.57. The molecule has 8 nitrogen and oxygen atoms in total. The van der Waals surface area contributed by atoms with Gasteiger partial charge in [0.15, 0.2) is 11.5 Å². The van der Waals surface area contributed by atoms with E-state index in [1.54, 1.807) is 31.1 Å². The largest absolute Gasteiger partial charge is 0.497 e. The zero-order valence-corrected chi connectivity index (χ0v) is 21.6. The van der Waals surface area contributed by atoms with Crippen molar-refractivity contribution in [3.63, 3.8) is 0 Å². The Balaban J connectivity index is 1.44. The topological polar surface area (TPSA) is 84.1 Å². The van der Waals surface area contributed by atoms with Gasteiger partial charge in [-0.3, -0.25) is 9.59 Å². The fourth-order valence-electron chi connectivity index (χ4n) is 5.82. The van der Waals surface area contributed by atoms with E-state index in [0.717, 1.165) is 39.0 Å².